The molecule has 0 aliphatic rings. The molecule has 2 heterocycles. The van der Waals surface area contributed by atoms with E-state index in [2.05, 4.69) is 26.0 Å². The van der Waals surface area contributed by atoms with Crippen LogP contribution in [0.5, 0.6) is 0 Å². The van der Waals surface area contributed by atoms with Gasteiger partial charge in [-0.05, 0) is 43.3 Å². The first kappa shape index (κ1) is 18.8. The fraction of sp³-hybridized carbons (Fsp3) is 0.0500. The van der Waals surface area contributed by atoms with Crippen LogP contribution in [0.1, 0.15) is 11.5 Å². The van der Waals surface area contributed by atoms with Crippen molar-refractivity contribution in [2.24, 2.45) is 5.10 Å². The van der Waals surface area contributed by atoms with Gasteiger partial charge in [-0.3, -0.25) is 14.9 Å². The Balaban J connectivity index is 1.77. The van der Waals surface area contributed by atoms with Crippen LogP contribution in [0.3, 0.4) is 0 Å². The van der Waals surface area contributed by atoms with Crippen molar-refractivity contribution in [2.75, 3.05) is 0 Å². The van der Waals surface area contributed by atoms with Crippen LogP contribution >= 0.6 is 15.9 Å². The number of hydrogen-bond acceptors (Lipinski definition) is 5. The maximum Gasteiger partial charge on any atom is 0.282 e. The van der Waals surface area contributed by atoms with E-state index in [1.54, 1.807) is 54.1 Å². The van der Waals surface area contributed by atoms with E-state index < -0.39 is 4.92 Å². The number of halogens is 1. The van der Waals surface area contributed by atoms with Crippen molar-refractivity contribution >= 4 is 38.7 Å². The molecule has 2 aromatic heterocycles. The zero-order valence-corrected chi connectivity index (χ0v) is 16.8. The second-order valence-corrected chi connectivity index (χ2v) is 7.18. The highest BCUT2D eigenvalue weighted by Gasteiger charge is 2.10. The lowest BCUT2D eigenvalue weighted by Gasteiger charge is -2.08. The summed E-state index contributed by atoms with van der Waals surface area (Å²) in [5, 5.41) is 15.8. The number of nitro benzene ring substituents is 1. The minimum atomic E-state index is -0.442. The number of nitro groups is 1. The average Bonchev–Trinajstić information content (AvgIpc) is 3.17. The molecule has 0 aliphatic carbocycles. The van der Waals surface area contributed by atoms with Gasteiger partial charge in [0.25, 0.3) is 11.2 Å². The molecule has 0 atom stereocenters. The third kappa shape index (κ3) is 3.59. The van der Waals surface area contributed by atoms with Gasteiger partial charge in [0.15, 0.2) is 0 Å². The van der Waals surface area contributed by atoms with Gasteiger partial charge in [-0.1, -0.05) is 22.0 Å². The second-order valence-electron chi connectivity index (χ2n) is 6.26. The number of aryl methyl sites for hydroxylation is 1. The summed E-state index contributed by atoms with van der Waals surface area (Å²) in [6, 6.07) is 15.2. The number of hydrogen-bond donors (Lipinski definition) is 0. The average molecular weight is 452 g/mol. The predicted octanol–water partition coefficient (Wildman–Crippen LogP) is 4.05. The predicted molar refractivity (Wildman–Crippen MR) is 114 cm³/mol. The minimum absolute atomic E-state index is 0.00420. The van der Waals surface area contributed by atoms with Crippen molar-refractivity contribution in [3.8, 4) is 5.69 Å². The minimum Gasteiger partial charge on any atom is -0.315 e. The normalized spacial score (nSPS) is 11.4. The lowest BCUT2D eigenvalue weighted by atomic mass is 10.2. The van der Waals surface area contributed by atoms with E-state index >= 15 is 0 Å². The standard InChI is InChI=1S/C20H14BrN5O3/c1-13-23-19-8-7-14(21)10-18(19)20(27)25(13)22-12-17-6-3-9-24(17)15-4-2-5-16(11-15)26(28)29/h2-12H,1H3. The molecule has 8 nitrogen and oxygen atoms in total. The molecule has 0 aliphatic heterocycles. The topological polar surface area (TPSA) is 95.3 Å². The van der Waals surface area contributed by atoms with Crippen LogP contribution in [0, 0.1) is 17.0 Å². The molecule has 4 rings (SSSR count). The Morgan fingerprint density at radius 3 is 2.79 bits per heavy atom. The molecule has 0 spiro atoms. The van der Waals surface area contributed by atoms with E-state index in [0.717, 1.165) is 4.47 Å². The summed E-state index contributed by atoms with van der Waals surface area (Å²) in [7, 11) is 0. The Bertz CT molecular complexity index is 1340. The summed E-state index contributed by atoms with van der Waals surface area (Å²) in [6.45, 7) is 1.71. The number of aromatic nitrogens is 3. The number of rotatable bonds is 4. The van der Waals surface area contributed by atoms with Crippen LogP contribution in [0.4, 0.5) is 5.69 Å². The van der Waals surface area contributed by atoms with Crippen molar-refractivity contribution in [3.63, 3.8) is 0 Å². The van der Waals surface area contributed by atoms with E-state index in [1.807, 2.05) is 6.07 Å². The largest absolute Gasteiger partial charge is 0.315 e. The third-order valence-corrected chi connectivity index (χ3v) is 4.87. The molecule has 0 unspecified atom stereocenters. The summed E-state index contributed by atoms with van der Waals surface area (Å²) in [6.07, 6.45) is 3.30. The molecule has 9 heteroatoms. The fourth-order valence-electron chi connectivity index (χ4n) is 3.00. The van der Waals surface area contributed by atoms with Crippen LogP contribution < -0.4 is 5.56 Å². The summed E-state index contributed by atoms with van der Waals surface area (Å²) < 4.78 is 3.77. The van der Waals surface area contributed by atoms with E-state index in [4.69, 9.17) is 0 Å². The first-order chi connectivity index (χ1) is 13.9. The number of non-ortho nitro benzene ring substituents is 1. The molecule has 4 aromatic rings. The lowest BCUT2D eigenvalue weighted by Crippen LogP contribution is -2.20. The molecule has 0 radical (unpaired) electrons. The maximum absolute atomic E-state index is 12.8. The Morgan fingerprint density at radius 1 is 1.17 bits per heavy atom. The van der Waals surface area contributed by atoms with E-state index in [0.29, 0.717) is 28.1 Å². The van der Waals surface area contributed by atoms with Crippen LogP contribution in [0.2, 0.25) is 0 Å². The Kier molecular flexibility index (Phi) is 4.81. The van der Waals surface area contributed by atoms with Crippen LogP contribution in [0.15, 0.2) is 75.2 Å². The molecule has 0 saturated heterocycles. The van der Waals surface area contributed by atoms with Gasteiger partial charge in [0, 0.05) is 22.8 Å². The summed E-state index contributed by atoms with van der Waals surface area (Å²) in [5.41, 5.74) is 1.59. The molecule has 0 amide bonds. The highest BCUT2D eigenvalue weighted by Crippen LogP contribution is 2.19. The highest BCUT2D eigenvalue weighted by molar-refractivity contribution is 9.10. The molecular weight excluding hydrogens is 438 g/mol. The quantitative estimate of drug-likeness (QED) is 0.265. The zero-order chi connectivity index (χ0) is 20.5. The monoisotopic (exact) mass is 451 g/mol. The van der Waals surface area contributed by atoms with E-state index in [-0.39, 0.29) is 11.2 Å². The molecule has 0 N–H and O–H groups in total. The molecule has 0 bridgehead atoms. The molecular formula is C20H14BrN5O3. The first-order valence-electron chi connectivity index (χ1n) is 8.59. The van der Waals surface area contributed by atoms with Crippen LogP contribution in [-0.2, 0) is 0 Å². The Morgan fingerprint density at radius 2 is 2.00 bits per heavy atom. The van der Waals surface area contributed by atoms with Crippen LogP contribution in [0.25, 0.3) is 16.6 Å². The van der Waals surface area contributed by atoms with Crippen molar-refractivity contribution < 1.29 is 4.92 Å². The molecule has 144 valence electrons. The van der Waals surface area contributed by atoms with Gasteiger partial charge in [-0.15, -0.1) is 0 Å². The van der Waals surface area contributed by atoms with Gasteiger partial charge in [0.2, 0.25) is 0 Å². The lowest BCUT2D eigenvalue weighted by molar-refractivity contribution is -0.384. The molecule has 0 fully saturated rings. The number of benzene rings is 2. The summed E-state index contributed by atoms with van der Waals surface area (Å²) in [4.78, 5) is 27.9. The molecule has 0 saturated carbocycles. The van der Waals surface area contributed by atoms with Gasteiger partial charge >= 0.3 is 0 Å². The van der Waals surface area contributed by atoms with Gasteiger partial charge in [0.1, 0.15) is 5.82 Å². The van der Waals surface area contributed by atoms with E-state index in [9.17, 15) is 14.9 Å². The van der Waals surface area contributed by atoms with Crippen molar-refractivity contribution in [1.82, 2.24) is 14.2 Å². The van der Waals surface area contributed by atoms with Gasteiger partial charge in [-0.25, -0.2) is 4.98 Å². The van der Waals surface area contributed by atoms with Gasteiger partial charge < -0.3 is 4.57 Å². The summed E-state index contributed by atoms with van der Waals surface area (Å²) in [5.74, 6) is 0.453. The maximum atomic E-state index is 12.8. The molecule has 29 heavy (non-hydrogen) atoms. The van der Waals surface area contributed by atoms with E-state index in [1.165, 1.54) is 23.0 Å². The van der Waals surface area contributed by atoms with Gasteiger partial charge in [-0.2, -0.15) is 9.78 Å². The van der Waals surface area contributed by atoms with Crippen LogP contribution in [-0.4, -0.2) is 25.4 Å². The number of nitrogens with zero attached hydrogens (tertiary/aromatic N) is 5. The van der Waals surface area contributed by atoms with Gasteiger partial charge in [0.05, 0.1) is 33.4 Å². The fourth-order valence-corrected chi connectivity index (χ4v) is 3.36. The van der Waals surface area contributed by atoms with Crippen molar-refractivity contribution in [3.05, 3.63) is 97.3 Å². The Hall–Kier alpha value is -3.59. The molecule has 2 aromatic carbocycles. The first-order valence-corrected chi connectivity index (χ1v) is 9.39. The smallest absolute Gasteiger partial charge is 0.282 e. The second kappa shape index (κ2) is 7.44. The Labute approximate surface area is 173 Å². The highest BCUT2D eigenvalue weighted by atomic mass is 79.9. The van der Waals surface area contributed by atoms with Crippen molar-refractivity contribution in [1.29, 1.82) is 0 Å². The van der Waals surface area contributed by atoms with Crippen molar-refractivity contribution in [2.45, 2.75) is 6.92 Å². The zero-order valence-electron chi connectivity index (χ0n) is 15.2. The number of fused-ring (bicyclic) bond motifs is 1. The SMILES string of the molecule is Cc1nc2ccc(Br)cc2c(=O)n1N=Cc1cccn1-c1cccc([N+](=O)[O-])c1. The summed E-state index contributed by atoms with van der Waals surface area (Å²) >= 11 is 3.37. The third-order valence-electron chi connectivity index (χ3n) is 4.37.